The second-order valence-corrected chi connectivity index (χ2v) is 6.03. The zero-order valence-corrected chi connectivity index (χ0v) is 13.9. The highest BCUT2D eigenvalue weighted by atomic mass is 35.5. The summed E-state index contributed by atoms with van der Waals surface area (Å²) in [5.41, 5.74) is 1.19. The molecule has 0 saturated carbocycles. The Morgan fingerprint density at radius 2 is 1.92 bits per heavy atom. The van der Waals surface area contributed by atoms with E-state index in [1.165, 1.54) is 5.56 Å². The fraction of sp³-hybridized carbons (Fsp3) is 0.353. The number of hydrogen-bond acceptors (Lipinski definition) is 5. The van der Waals surface area contributed by atoms with Gasteiger partial charge in [0.1, 0.15) is 11.9 Å². The van der Waals surface area contributed by atoms with Gasteiger partial charge in [-0.3, -0.25) is 4.79 Å². The number of nitrogens with one attached hydrogen (secondary N) is 2. The van der Waals surface area contributed by atoms with Crippen molar-refractivity contribution < 1.29 is 9.53 Å². The highest BCUT2D eigenvalue weighted by Gasteiger charge is 2.23. The molecule has 1 amide bonds. The summed E-state index contributed by atoms with van der Waals surface area (Å²) in [7, 11) is 0. The van der Waals surface area contributed by atoms with E-state index in [9.17, 15) is 4.79 Å². The summed E-state index contributed by atoms with van der Waals surface area (Å²) in [4.78, 5) is 11.9. The molecule has 0 spiro atoms. The normalized spacial score (nSPS) is 16.8. The Labute approximate surface area is 145 Å². The summed E-state index contributed by atoms with van der Waals surface area (Å²) in [6.45, 7) is 1.37. The fourth-order valence-corrected chi connectivity index (χ4v) is 2.60. The summed E-state index contributed by atoms with van der Waals surface area (Å²) in [5, 5.41) is 14.7. The van der Waals surface area contributed by atoms with Gasteiger partial charge >= 0.3 is 0 Å². The molecule has 0 bridgehead atoms. The lowest BCUT2D eigenvalue weighted by Crippen LogP contribution is -2.27. The van der Waals surface area contributed by atoms with Crippen molar-refractivity contribution in [2.24, 2.45) is 0 Å². The van der Waals surface area contributed by atoms with Crippen molar-refractivity contribution in [2.45, 2.75) is 25.4 Å². The maximum absolute atomic E-state index is 11.9. The van der Waals surface area contributed by atoms with Crippen LogP contribution in [0.25, 0.3) is 0 Å². The number of hydrogen-bond donors (Lipinski definition) is 2. The number of anilines is 2. The first kappa shape index (κ1) is 16.7. The summed E-state index contributed by atoms with van der Waals surface area (Å²) in [5.74, 6) is 0.933. The van der Waals surface area contributed by atoms with E-state index in [2.05, 4.69) is 20.8 Å². The standard InChI is InChI=1S/C17H19ClN4O2/c18-13-5-3-12(4-6-13)9-10-19-15-7-8-16(22-21-15)20-17(23)14-2-1-11-24-14/h3-8,14H,1-2,9-11H2,(H,19,21)(H,20,22,23). The predicted octanol–water partition coefficient (Wildman–Crippen LogP) is 2.90. The van der Waals surface area contributed by atoms with E-state index in [0.29, 0.717) is 18.2 Å². The largest absolute Gasteiger partial charge is 0.368 e. The molecule has 1 aromatic carbocycles. The number of ether oxygens (including phenoxy) is 1. The van der Waals surface area contributed by atoms with Crippen molar-refractivity contribution in [1.29, 1.82) is 0 Å². The van der Waals surface area contributed by atoms with Gasteiger partial charge in [-0.25, -0.2) is 0 Å². The second kappa shape index (κ2) is 8.08. The lowest BCUT2D eigenvalue weighted by molar-refractivity contribution is -0.124. The van der Waals surface area contributed by atoms with Crippen LogP contribution in [0, 0.1) is 0 Å². The van der Waals surface area contributed by atoms with Crippen molar-refractivity contribution in [1.82, 2.24) is 10.2 Å². The van der Waals surface area contributed by atoms with E-state index in [0.717, 1.165) is 30.8 Å². The van der Waals surface area contributed by atoms with E-state index in [-0.39, 0.29) is 12.0 Å². The molecule has 1 aliphatic rings. The minimum Gasteiger partial charge on any atom is -0.368 e. The van der Waals surface area contributed by atoms with Crippen LogP contribution < -0.4 is 10.6 Å². The number of aromatic nitrogens is 2. The molecule has 1 fully saturated rings. The molecule has 1 saturated heterocycles. The molecule has 24 heavy (non-hydrogen) atoms. The molecule has 3 rings (SSSR count). The lowest BCUT2D eigenvalue weighted by Gasteiger charge is -2.10. The molecule has 1 aromatic heterocycles. The van der Waals surface area contributed by atoms with Crippen molar-refractivity contribution in [2.75, 3.05) is 23.8 Å². The molecule has 1 unspecified atom stereocenters. The van der Waals surface area contributed by atoms with Gasteiger partial charge in [-0.2, -0.15) is 0 Å². The third-order valence-corrected chi connectivity index (χ3v) is 4.02. The number of benzene rings is 1. The topological polar surface area (TPSA) is 76.1 Å². The van der Waals surface area contributed by atoms with Crippen molar-refractivity contribution in [3.8, 4) is 0 Å². The molecule has 7 heteroatoms. The van der Waals surface area contributed by atoms with Crippen molar-refractivity contribution >= 4 is 29.1 Å². The Hall–Kier alpha value is -2.18. The lowest BCUT2D eigenvalue weighted by atomic mass is 10.1. The fourth-order valence-electron chi connectivity index (χ4n) is 2.47. The third kappa shape index (κ3) is 4.66. The Balaban J connectivity index is 1.45. The first-order chi connectivity index (χ1) is 11.7. The first-order valence-corrected chi connectivity index (χ1v) is 8.33. The zero-order chi connectivity index (χ0) is 16.8. The monoisotopic (exact) mass is 346 g/mol. The SMILES string of the molecule is O=C(Nc1ccc(NCCc2ccc(Cl)cc2)nn1)C1CCCO1. The smallest absolute Gasteiger partial charge is 0.254 e. The third-order valence-electron chi connectivity index (χ3n) is 3.77. The average molecular weight is 347 g/mol. The first-order valence-electron chi connectivity index (χ1n) is 7.95. The van der Waals surface area contributed by atoms with Crippen LogP contribution in [0.15, 0.2) is 36.4 Å². The van der Waals surface area contributed by atoms with E-state index < -0.39 is 0 Å². The summed E-state index contributed by atoms with van der Waals surface area (Å²) in [6, 6.07) is 11.3. The molecule has 126 valence electrons. The number of carbonyl (C=O) groups excluding carboxylic acids is 1. The van der Waals surface area contributed by atoms with Crippen LogP contribution in [0.1, 0.15) is 18.4 Å². The average Bonchev–Trinajstić information content (AvgIpc) is 3.13. The Morgan fingerprint density at radius 1 is 1.17 bits per heavy atom. The molecule has 2 aromatic rings. The van der Waals surface area contributed by atoms with Gasteiger partial charge in [0, 0.05) is 18.2 Å². The van der Waals surface area contributed by atoms with Gasteiger partial charge in [-0.1, -0.05) is 23.7 Å². The minimum atomic E-state index is -0.371. The molecule has 0 aliphatic carbocycles. The highest BCUT2D eigenvalue weighted by Crippen LogP contribution is 2.14. The molecule has 2 N–H and O–H groups in total. The van der Waals surface area contributed by atoms with Crippen LogP contribution in [0.4, 0.5) is 11.6 Å². The van der Waals surface area contributed by atoms with Gasteiger partial charge in [0.25, 0.3) is 5.91 Å². The Bertz CT molecular complexity index is 670. The Kier molecular flexibility index (Phi) is 5.61. The molecule has 2 heterocycles. The van der Waals surface area contributed by atoms with Crippen LogP contribution >= 0.6 is 11.6 Å². The van der Waals surface area contributed by atoms with Crippen LogP contribution in [-0.4, -0.2) is 35.4 Å². The van der Waals surface area contributed by atoms with Crippen molar-refractivity contribution in [3.05, 3.63) is 47.0 Å². The van der Waals surface area contributed by atoms with Crippen LogP contribution in [0.2, 0.25) is 5.02 Å². The quantitative estimate of drug-likeness (QED) is 0.841. The molecule has 1 atom stereocenters. The maximum Gasteiger partial charge on any atom is 0.254 e. The molecule has 6 nitrogen and oxygen atoms in total. The summed E-state index contributed by atoms with van der Waals surface area (Å²) in [6.07, 6.45) is 2.16. The zero-order valence-electron chi connectivity index (χ0n) is 13.2. The van der Waals surface area contributed by atoms with Crippen LogP contribution in [0.5, 0.6) is 0 Å². The van der Waals surface area contributed by atoms with Crippen LogP contribution in [0.3, 0.4) is 0 Å². The number of halogens is 1. The van der Waals surface area contributed by atoms with Crippen LogP contribution in [-0.2, 0) is 16.0 Å². The van der Waals surface area contributed by atoms with Gasteiger partial charge in [0.2, 0.25) is 0 Å². The number of amides is 1. The van der Waals surface area contributed by atoms with E-state index in [1.54, 1.807) is 12.1 Å². The van der Waals surface area contributed by atoms with Gasteiger partial charge in [-0.05, 0) is 49.1 Å². The minimum absolute atomic E-state index is 0.162. The number of carbonyl (C=O) groups is 1. The van der Waals surface area contributed by atoms with Gasteiger partial charge < -0.3 is 15.4 Å². The van der Waals surface area contributed by atoms with E-state index in [4.69, 9.17) is 16.3 Å². The van der Waals surface area contributed by atoms with Crippen molar-refractivity contribution in [3.63, 3.8) is 0 Å². The number of rotatable bonds is 6. The van der Waals surface area contributed by atoms with E-state index >= 15 is 0 Å². The van der Waals surface area contributed by atoms with E-state index in [1.807, 2.05) is 24.3 Å². The molecule has 1 aliphatic heterocycles. The predicted molar refractivity (Wildman–Crippen MR) is 93.3 cm³/mol. The van der Waals surface area contributed by atoms with Gasteiger partial charge in [0.05, 0.1) is 0 Å². The Morgan fingerprint density at radius 3 is 2.58 bits per heavy atom. The summed E-state index contributed by atoms with van der Waals surface area (Å²) >= 11 is 5.86. The molecular formula is C17H19ClN4O2. The summed E-state index contributed by atoms with van der Waals surface area (Å²) < 4.78 is 5.33. The van der Waals surface area contributed by atoms with Gasteiger partial charge in [0.15, 0.2) is 5.82 Å². The number of nitrogens with zero attached hydrogens (tertiary/aromatic N) is 2. The van der Waals surface area contributed by atoms with Gasteiger partial charge in [-0.15, -0.1) is 10.2 Å². The maximum atomic E-state index is 11.9. The molecular weight excluding hydrogens is 328 g/mol. The second-order valence-electron chi connectivity index (χ2n) is 5.60. The highest BCUT2D eigenvalue weighted by molar-refractivity contribution is 6.30. The molecule has 0 radical (unpaired) electrons.